The van der Waals surface area contributed by atoms with Gasteiger partial charge >= 0.3 is 0 Å². The summed E-state index contributed by atoms with van der Waals surface area (Å²) in [7, 11) is 0. The van der Waals surface area contributed by atoms with Crippen molar-refractivity contribution in [3.63, 3.8) is 0 Å². The van der Waals surface area contributed by atoms with Gasteiger partial charge in [-0.3, -0.25) is 4.98 Å². The summed E-state index contributed by atoms with van der Waals surface area (Å²) in [6.07, 6.45) is 1.79. The number of fused-ring (bicyclic) bond motifs is 1. The highest BCUT2D eigenvalue weighted by molar-refractivity contribution is 5.94. The highest BCUT2D eigenvalue weighted by atomic mass is 14.7. The van der Waals surface area contributed by atoms with E-state index in [-0.39, 0.29) is 0 Å². The highest BCUT2D eigenvalue weighted by Crippen LogP contribution is 2.28. The van der Waals surface area contributed by atoms with E-state index in [0.29, 0.717) is 0 Å². The molecule has 0 radical (unpaired) electrons. The fraction of sp³-hybridized carbons (Fsp3) is 0.0625. The molecule has 0 fully saturated rings. The van der Waals surface area contributed by atoms with Crippen molar-refractivity contribution in [3.05, 3.63) is 60.3 Å². The molecule has 2 N–H and O–H groups in total. The molecule has 0 atom stereocenters. The van der Waals surface area contributed by atoms with Crippen LogP contribution in [0.4, 0.5) is 5.69 Å². The van der Waals surface area contributed by atoms with Gasteiger partial charge in [-0.2, -0.15) is 0 Å². The average molecular weight is 234 g/mol. The second-order valence-corrected chi connectivity index (χ2v) is 4.50. The third-order valence-corrected chi connectivity index (χ3v) is 3.14. The minimum atomic E-state index is 0.774. The van der Waals surface area contributed by atoms with Crippen molar-refractivity contribution >= 4 is 16.6 Å². The number of nitrogens with zero attached hydrogens (tertiary/aromatic N) is 1. The maximum atomic E-state index is 6.08. The van der Waals surface area contributed by atoms with Crippen LogP contribution in [0.5, 0.6) is 0 Å². The van der Waals surface area contributed by atoms with Crippen LogP contribution >= 0.6 is 0 Å². The van der Waals surface area contributed by atoms with Gasteiger partial charge in [0, 0.05) is 17.3 Å². The first kappa shape index (κ1) is 10.8. The van der Waals surface area contributed by atoms with E-state index < -0.39 is 0 Å². The molecule has 2 aromatic carbocycles. The van der Waals surface area contributed by atoms with Gasteiger partial charge in [0.25, 0.3) is 0 Å². The van der Waals surface area contributed by atoms with E-state index in [1.165, 1.54) is 11.1 Å². The topological polar surface area (TPSA) is 38.9 Å². The number of hydrogen-bond donors (Lipinski definition) is 1. The van der Waals surface area contributed by atoms with E-state index in [1.807, 2.05) is 18.2 Å². The predicted octanol–water partition coefficient (Wildman–Crippen LogP) is 3.79. The van der Waals surface area contributed by atoms with Crippen molar-refractivity contribution in [3.8, 4) is 11.1 Å². The molecule has 2 nitrogen and oxygen atoms in total. The van der Waals surface area contributed by atoms with Crippen LogP contribution in [0.25, 0.3) is 22.0 Å². The predicted molar refractivity (Wildman–Crippen MR) is 76.3 cm³/mol. The second-order valence-electron chi connectivity index (χ2n) is 4.50. The summed E-state index contributed by atoms with van der Waals surface area (Å²) < 4.78 is 0. The zero-order valence-corrected chi connectivity index (χ0v) is 10.2. The molecule has 2 heteroatoms. The number of nitrogens with two attached hydrogens (primary N) is 1. The summed E-state index contributed by atoms with van der Waals surface area (Å²) in [5.41, 5.74) is 11.3. The van der Waals surface area contributed by atoms with Crippen LogP contribution in [0.3, 0.4) is 0 Å². The molecule has 0 bridgehead atoms. The Morgan fingerprint density at radius 3 is 2.50 bits per heavy atom. The zero-order valence-electron chi connectivity index (χ0n) is 10.2. The fourth-order valence-corrected chi connectivity index (χ4v) is 2.12. The van der Waals surface area contributed by atoms with Crippen molar-refractivity contribution in [2.24, 2.45) is 0 Å². The molecule has 0 aliphatic rings. The smallest absolute Gasteiger partial charge is 0.0728 e. The minimum absolute atomic E-state index is 0.774. The SMILES string of the molecule is Cc1ccc(-c2cc(N)c3cccnc3c2)cc1. The van der Waals surface area contributed by atoms with E-state index in [0.717, 1.165) is 22.2 Å². The highest BCUT2D eigenvalue weighted by Gasteiger charge is 2.04. The lowest BCUT2D eigenvalue weighted by atomic mass is 10.0. The molecule has 0 unspecified atom stereocenters. The lowest BCUT2D eigenvalue weighted by Gasteiger charge is -2.07. The van der Waals surface area contributed by atoms with E-state index >= 15 is 0 Å². The van der Waals surface area contributed by atoms with Gasteiger partial charge in [-0.25, -0.2) is 0 Å². The molecular formula is C16H14N2. The first-order valence-electron chi connectivity index (χ1n) is 5.95. The number of rotatable bonds is 1. The number of anilines is 1. The van der Waals surface area contributed by atoms with Crippen molar-refractivity contribution in [2.75, 3.05) is 5.73 Å². The number of hydrogen-bond acceptors (Lipinski definition) is 2. The van der Waals surface area contributed by atoms with Crippen LogP contribution in [-0.4, -0.2) is 4.98 Å². The Morgan fingerprint density at radius 1 is 0.944 bits per heavy atom. The molecule has 1 aromatic heterocycles. The maximum absolute atomic E-state index is 6.08. The standard InChI is InChI=1S/C16H14N2/c1-11-4-6-12(7-5-11)13-9-15(17)14-3-2-8-18-16(14)10-13/h2-10H,17H2,1H3. The molecule has 0 aliphatic carbocycles. The molecule has 0 spiro atoms. The minimum Gasteiger partial charge on any atom is -0.398 e. The molecule has 3 rings (SSSR count). The quantitative estimate of drug-likeness (QED) is 0.650. The van der Waals surface area contributed by atoms with E-state index in [2.05, 4.69) is 42.2 Å². The number of pyridine rings is 1. The monoisotopic (exact) mass is 234 g/mol. The number of aromatic nitrogens is 1. The Labute approximate surface area is 106 Å². The molecule has 0 saturated carbocycles. The van der Waals surface area contributed by atoms with Gasteiger partial charge < -0.3 is 5.73 Å². The van der Waals surface area contributed by atoms with Crippen LogP contribution in [-0.2, 0) is 0 Å². The van der Waals surface area contributed by atoms with Crippen LogP contribution < -0.4 is 5.73 Å². The van der Waals surface area contributed by atoms with Gasteiger partial charge in [-0.05, 0) is 42.3 Å². The van der Waals surface area contributed by atoms with Crippen molar-refractivity contribution in [2.45, 2.75) is 6.92 Å². The summed E-state index contributed by atoms with van der Waals surface area (Å²) in [5.74, 6) is 0. The lowest BCUT2D eigenvalue weighted by molar-refractivity contribution is 1.41. The Morgan fingerprint density at radius 2 is 1.72 bits per heavy atom. The first-order valence-corrected chi connectivity index (χ1v) is 5.95. The molecule has 0 saturated heterocycles. The van der Waals surface area contributed by atoms with Crippen LogP contribution in [0, 0.1) is 6.92 Å². The van der Waals surface area contributed by atoms with E-state index in [4.69, 9.17) is 5.73 Å². The van der Waals surface area contributed by atoms with Gasteiger partial charge in [0.15, 0.2) is 0 Å². The van der Waals surface area contributed by atoms with Crippen LogP contribution in [0.15, 0.2) is 54.7 Å². The zero-order chi connectivity index (χ0) is 12.5. The van der Waals surface area contributed by atoms with Gasteiger partial charge in [0.05, 0.1) is 5.52 Å². The lowest BCUT2D eigenvalue weighted by Crippen LogP contribution is -1.90. The van der Waals surface area contributed by atoms with Crippen molar-refractivity contribution in [1.82, 2.24) is 4.98 Å². The molecule has 18 heavy (non-hydrogen) atoms. The average Bonchev–Trinajstić information content (AvgIpc) is 2.39. The third-order valence-electron chi connectivity index (χ3n) is 3.14. The van der Waals surface area contributed by atoms with Crippen molar-refractivity contribution in [1.29, 1.82) is 0 Å². The summed E-state index contributed by atoms with van der Waals surface area (Å²) in [6.45, 7) is 2.08. The normalized spacial score (nSPS) is 10.7. The van der Waals surface area contributed by atoms with E-state index in [9.17, 15) is 0 Å². The summed E-state index contributed by atoms with van der Waals surface area (Å²) in [6, 6.07) is 16.4. The van der Waals surface area contributed by atoms with Gasteiger partial charge in [0.2, 0.25) is 0 Å². The number of nitrogen functional groups attached to an aromatic ring is 1. The molecule has 3 aromatic rings. The largest absolute Gasteiger partial charge is 0.398 e. The third kappa shape index (κ3) is 1.82. The van der Waals surface area contributed by atoms with Gasteiger partial charge in [-0.15, -0.1) is 0 Å². The van der Waals surface area contributed by atoms with Crippen LogP contribution in [0.2, 0.25) is 0 Å². The summed E-state index contributed by atoms with van der Waals surface area (Å²) >= 11 is 0. The second kappa shape index (κ2) is 4.15. The Balaban J connectivity index is 2.21. The summed E-state index contributed by atoms with van der Waals surface area (Å²) in [5, 5.41) is 1.01. The Hall–Kier alpha value is -2.35. The van der Waals surface area contributed by atoms with Gasteiger partial charge in [-0.1, -0.05) is 29.8 Å². The fourth-order valence-electron chi connectivity index (χ4n) is 2.12. The van der Waals surface area contributed by atoms with Gasteiger partial charge in [0.1, 0.15) is 0 Å². The Kier molecular flexibility index (Phi) is 2.49. The van der Waals surface area contributed by atoms with Crippen molar-refractivity contribution < 1.29 is 0 Å². The number of aryl methyl sites for hydroxylation is 1. The molecule has 0 amide bonds. The van der Waals surface area contributed by atoms with E-state index in [1.54, 1.807) is 6.20 Å². The molecule has 88 valence electrons. The molecule has 1 heterocycles. The molecule has 0 aliphatic heterocycles. The summed E-state index contributed by atoms with van der Waals surface area (Å²) in [4.78, 5) is 4.37. The van der Waals surface area contributed by atoms with Crippen LogP contribution in [0.1, 0.15) is 5.56 Å². The maximum Gasteiger partial charge on any atom is 0.0728 e. The number of benzene rings is 2. The molecular weight excluding hydrogens is 220 g/mol. The Bertz CT molecular complexity index is 700. The first-order chi connectivity index (χ1) is 8.74.